The zero-order valence-corrected chi connectivity index (χ0v) is 26.5. The number of hydrogen-bond acceptors (Lipinski definition) is 6. The van der Waals surface area contributed by atoms with E-state index in [9.17, 15) is 18.4 Å². The van der Waals surface area contributed by atoms with Crippen LogP contribution in [0.5, 0.6) is 5.88 Å². The first kappa shape index (κ1) is 29.3. The van der Waals surface area contributed by atoms with Crippen LogP contribution in [-0.2, 0) is 11.3 Å². The van der Waals surface area contributed by atoms with Crippen LogP contribution in [0.25, 0.3) is 28.1 Å². The van der Waals surface area contributed by atoms with E-state index in [0.29, 0.717) is 28.7 Å². The third-order valence-corrected chi connectivity index (χ3v) is 10.9. The zero-order chi connectivity index (χ0) is 32.3. The fourth-order valence-electron chi connectivity index (χ4n) is 7.69. The summed E-state index contributed by atoms with van der Waals surface area (Å²) in [7, 11) is 1.60. The largest absolute Gasteiger partial charge is 0.482 e. The van der Waals surface area contributed by atoms with Crippen LogP contribution in [0, 0.1) is 18.3 Å². The maximum Gasteiger partial charge on any atom is 0.263 e. The first-order valence-electron chi connectivity index (χ1n) is 16.2. The Balaban J connectivity index is 1.17. The number of carbonyl (C=O) groups is 2. The maximum atomic E-state index is 13.9. The van der Waals surface area contributed by atoms with E-state index in [1.165, 1.54) is 6.92 Å². The van der Waals surface area contributed by atoms with E-state index in [2.05, 4.69) is 16.0 Å². The highest BCUT2D eigenvalue weighted by molar-refractivity contribution is 5.97. The molecule has 242 valence electrons. The average Bonchev–Trinajstić information content (AvgIpc) is 3.67. The Morgan fingerprint density at radius 1 is 1.15 bits per heavy atom. The summed E-state index contributed by atoms with van der Waals surface area (Å²) in [6.07, 6.45) is 4.57. The molecule has 10 nitrogen and oxygen atoms in total. The molecule has 2 aliphatic carbocycles. The van der Waals surface area contributed by atoms with Gasteiger partial charge in [-0.2, -0.15) is 0 Å². The van der Waals surface area contributed by atoms with Crippen molar-refractivity contribution in [3.8, 4) is 17.3 Å². The smallest absolute Gasteiger partial charge is 0.263 e. The Kier molecular flexibility index (Phi) is 6.36. The summed E-state index contributed by atoms with van der Waals surface area (Å²) in [5, 5.41) is 3.67. The van der Waals surface area contributed by atoms with E-state index in [0.717, 1.165) is 66.8 Å². The van der Waals surface area contributed by atoms with Crippen molar-refractivity contribution >= 4 is 28.5 Å². The second-order valence-corrected chi connectivity index (χ2v) is 14.1. The first-order valence-corrected chi connectivity index (χ1v) is 16.2. The van der Waals surface area contributed by atoms with Crippen molar-refractivity contribution in [3.63, 3.8) is 0 Å². The van der Waals surface area contributed by atoms with Gasteiger partial charge < -0.3 is 25.3 Å². The third kappa shape index (κ3) is 4.35. The predicted molar refractivity (Wildman–Crippen MR) is 168 cm³/mol. The monoisotopic (exact) mass is 631 g/mol. The molecular weight excluding hydrogens is 592 g/mol. The highest BCUT2D eigenvalue weighted by Crippen LogP contribution is 2.60. The van der Waals surface area contributed by atoms with Crippen molar-refractivity contribution in [2.24, 2.45) is 17.1 Å². The van der Waals surface area contributed by atoms with Gasteiger partial charge in [-0.15, -0.1) is 0 Å². The van der Waals surface area contributed by atoms with Crippen molar-refractivity contribution in [2.45, 2.75) is 95.9 Å². The molecule has 2 aliphatic heterocycles. The molecule has 2 amide bonds. The van der Waals surface area contributed by atoms with Crippen molar-refractivity contribution < 1.29 is 23.1 Å². The van der Waals surface area contributed by atoms with Crippen LogP contribution in [0.2, 0.25) is 0 Å². The van der Waals surface area contributed by atoms with Crippen LogP contribution in [0.4, 0.5) is 8.78 Å². The molecule has 0 radical (unpaired) electrons. The van der Waals surface area contributed by atoms with Crippen LogP contribution in [-0.4, -0.2) is 66.8 Å². The van der Waals surface area contributed by atoms with Gasteiger partial charge in [0.15, 0.2) is 5.88 Å². The summed E-state index contributed by atoms with van der Waals surface area (Å²) in [5.41, 5.74) is 9.69. The average molecular weight is 632 g/mol. The number of hydrogen-bond donors (Lipinski definition) is 2. The predicted octanol–water partition coefficient (Wildman–Crippen LogP) is 5.00. The van der Waals surface area contributed by atoms with Gasteiger partial charge in [-0.05, 0) is 83.1 Å². The Bertz CT molecular complexity index is 1930. The Labute approximate surface area is 265 Å². The third-order valence-electron chi connectivity index (χ3n) is 10.9. The van der Waals surface area contributed by atoms with Crippen LogP contribution >= 0.6 is 0 Å². The number of pyridine rings is 2. The van der Waals surface area contributed by atoms with Crippen molar-refractivity contribution in [3.05, 3.63) is 47.3 Å². The fourth-order valence-corrected chi connectivity index (χ4v) is 7.69. The number of nitrogens with two attached hydrogens (primary N) is 1. The summed E-state index contributed by atoms with van der Waals surface area (Å²) in [6, 6.07) is 9.20. The number of amides is 2. The molecule has 0 spiro atoms. The molecule has 4 fully saturated rings. The molecule has 4 aliphatic rings. The number of ether oxygens (including phenoxy) is 1. The summed E-state index contributed by atoms with van der Waals surface area (Å²) in [6.45, 7) is 5.81. The van der Waals surface area contributed by atoms with Crippen LogP contribution < -0.4 is 15.8 Å². The minimum Gasteiger partial charge on any atom is -0.482 e. The summed E-state index contributed by atoms with van der Waals surface area (Å²) < 4.78 is 37.6. The Hall–Kier alpha value is -4.06. The van der Waals surface area contributed by atoms with Crippen LogP contribution in [0.3, 0.4) is 0 Å². The molecule has 4 aromatic heterocycles. The number of carbonyl (C=O) groups excluding carboxylic acids is 2. The molecule has 4 aromatic rings. The second-order valence-electron chi connectivity index (χ2n) is 14.1. The molecule has 5 atom stereocenters. The molecule has 6 heterocycles. The van der Waals surface area contributed by atoms with E-state index in [1.807, 2.05) is 34.4 Å². The van der Waals surface area contributed by atoms with E-state index in [4.69, 9.17) is 20.4 Å². The lowest BCUT2D eigenvalue weighted by molar-refractivity contribution is -0.130. The standard InChI is InChI=1S/C34H39F2N7O3/c1-17(38-32(45)33(3)16-34(33,35)36)24-9-7-20-11-26(41(30(20)39-24)15-19-5-6-19)29-18(2)42-27(40-29)12-21(13-28(42)46-4)31(44)43-22-8-10-25(43)23(37)14-22/h7,9,11-13,17,19,22-23,25H,5-6,8,10,14-16,37H2,1-4H3,(H,38,45)/t17-,22+,23-,25-,33?/m1/s1. The van der Waals surface area contributed by atoms with E-state index in [1.54, 1.807) is 20.1 Å². The summed E-state index contributed by atoms with van der Waals surface area (Å²) >= 11 is 0. The summed E-state index contributed by atoms with van der Waals surface area (Å²) in [5.74, 6) is -2.63. The highest BCUT2D eigenvalue weighted by atomic mass is 19.3. The van der Waals surface area contributed by atoms with Gasteiger partial charge in [-0.1, -0.05) is 0 Å². The molecule has 1 unspecified atom stereocenters. The maximum absolute atomic E-state index is 13.9. The number of aryl methyl sites for hydroxylation is 1. The van der Waals surface area contributed by atoms with Crippen LogP contribution in [0.1, 0.15) is 80.2 Å². The minimum absolute atomic E-state index is 0.0154. The number of methoxy groups -OCH3 is 1. The molecule has 2 bridgehead atoms. The minimum atomic E-state index is -2.98. The highest BCUT2D eigenvalue weighted by Gasteiger charge is 2.72. The van der Waals surface area contributed by atoms with Crippen molar-refractivity contribution in [1.82, 2.24) is 29.2 Å². The molecule has 12 heteroatoms. The number of fused-ring (bicyclic) bond motifs is 4. The number of halogens is 2. The number of nitrogens with zero attached hydrogens (tertiary/aromatic N) is 5. The van der Waals surface area contributed by atoms with E-state index < -0.39 is 29.7 Å². The quantitative estimate of drug-likeness (QED) is 0.282. The molecule has 8 rings (SSSR count). The molecule has 2 saturated carbocycles. The van der Waals surface area contributed by atoms with Gasteiger partial charge in [0, 0.05) is 48.1 Å². The van der Waals surface area contributed by atoms with E-state index >= 15 is 0 Å². The zero-order valence-electron chi connectivity index (χ0n) is 26.5. The van der Waals surface area contributed by atoms with Gasteiger partial charge in [-0.25, -0.2) is 18.7 Å². The Morgan fingerprint density at radius 3 is 2.54 bits per heavy atom. The van der Waals surface area contributed by atoms with Gasteiger partial charge in [0.05, 0.1) is 30.2 Å². The normalized spacial score (nSPS) is 27.0. The first-order chi connectivity index (χ1) is 21.9. The number of nitrogens with one attached hydrogen (secondary N) is 1. The van der Waals surface area contributed by atoms with Gasteiger partial charge in [-0.3, -0.25) is 14.0 Å². The SMILES string of the molecule is COc1cc(C(=O)N2[C@H]3CC[C@@H]2[C@H](N)C3)cc2nc(-c3cc4ccc([C@@H](C)NC(=O)C5(C)CC5(F)F)nc4n3CC3CC3)c(C)n12. The van der Waals surface area contributed by atoms with Gasteiger partial charge in [0.1, 0.15) is 22.4 Å². The number of rotatable bonds is 8. The van der Waals surface area contributed by atoms with Gasteiger partial charge in [0.2, 0.25) is 5.91 Å². The number of aromatic nitrogens is 4. The van der Waals surface area contributed by atoms with Gasteiger partial charge >= 0.3 is 0 Å². The van der Waals surface area contributed by atoms with E-state index in [-0.39, 0.29) is 24.0 Å². The topological polar surface area (TPSA) is 120 Å². The van der Waals surface area contributed by atoms with Gasteiger partial charge in [0.25, 0.3) is 11.8 Å². The number of imidazole rings is 1. The number of alkyl halides is 2. The molecule has 46 heavy (non-hydrogen) atoms. The molecule has 2 saturated heterocycles. The Morgan fingerprint density at radius 2 is 1.91 bits per heavy atom. The van der Waals surface area contributed by atoms with Crippen molar-refractivity contribution in [1.29, 1.82) is 0 Å². The molecular formula is C34H39F2N7O3. The molecule has 3 N–H and O–H groups in total. The lowest BCUT2D eigenvalue weighted by Crippen LogP contribution is -2.40. The van der Waals surface area contributed by atoms with Crippen molar-refractivity contribution in [2.75, 3.05) is 7.11 Å². The lowest BCUT2D eigenvalue weighted by Gasteiger charge is -2.23. The lowest BCUT2D eigenvalue weighted by atomic mass is 9.97. The fraction of sp³-hybridized carbons (Fsp3) is 0.529. The molecule has 0 aromatic carbocycles. The van der Waals surface area contributed by atoms with Crippen LogP contribution in [0.15, 0.2) is 30.3 Å². The summed E-state index contributed by atoms with van der Waals surface area (Å²) in [4.78, 5) is 38.5. The second kappa shape index (κ2) is 9.97.